The van der Waals surface area contributed by atoms with Crippen LogP contribution in [0.1, 0.15) is 72.6 Å². The molecule has 0 aromatic heterocycles. The number of esters is 1. The lowest BCUT2D eigenvalue weighted by Gasteiger charge is -2.30. The predicted octanol–water partition coefficient (Wildman–Crippen LogP) is 1.80. The van der Waals surface area contributed by atoms with Crippen molar-refractivity contribution in [3.05, 3.63) is 12.2 Å². The fraction of sp³-hybridized carbons (Fsp3) is 0.760. The van der Waals surface area contributed by atoms with E-state index in [0.717, 1.165) is 19.3 Å². The molecule has 0 spiro atoms. The van der Waals surface area contributed by atoms with Crippen LogP contribution in [0.3, 0.4) is 0 Å². The van der Waals surface area contributed by atoms with Crippen molar-refractivity contribution in [2.45, 2.75) is 102 Å². The Hall–Kier alpha value is -2.62. The number of hydrogen-bond acceptors (Lipinski definition) is 7. The van der Waals surface area contributed by atoms with E-state index < -0.39 is 53.2 Å². The van der Waals surface area contributed by atoms with E-state index >= 15 is 0 Å². The number of hydrogen-bond donors (Lipinski definition) is 3. The summed E-state index contributed by atoms with van der Waals surface area (Å²) in [5, 5.41) is 15.8. The lowest BCUT2D eigenvalue weighted by atomic mass is 10.0. The molecule has 5 atom stereocenters. The molecule has 2 aliphatic heterocycles. The minimum absolute atomic E-state index is 0.0286. The summed E-state index contributed by atoms with van der Waals surface area (Å²) in [5.74, 6) is -1.62. The summed E-state index contributed by atoms with van der Waals surface area (Å²) in [5.41, 5.74) is -1.88. The molecule has 3 rings (SSSR count). The zero-order valence-corrected chi connectivity index (χ0v) is 21.2. The van der Waals surface area contributed by atoms with Gasteiger partial charge in [0.1, 0.15) is 23.2 Å². The Bertz CT molecular complexity index is 852. The molecule has 2 heterocycles. The molecule has 1 saturated heterocycles. The SMILES string of the molecule is CCOC(=O)C12CC1C=CCCCCCC(NC(=O)OC(C)(C)C)C(=O)N1CC(O)CC1C(=O)N2. The number of nitrogens with one attached hydrogen (secondary N) is 2. The van der Waals surface area contributed by atoms with Crippen LogP contribution in [0.25, 0.3) is 0 Å². The molecule has 5 unspecified atom stereocenters. The fourth-order valence-corrected chi connectivity index (χ4v) is 4.77. The van der Waals surface area contributed by atoms with Crippen LogP contribution in [0.5, 0.6) is 0 Å². The molecular formula is C25H39N3O7. The third kappa shape index (κ3) is 6.74. The van der Waals surface area contributed by atoms with Crippen LogP contribution in [0.2, 0.25) is 0 Å². The van der Waals surface area contributed by atoms with Crippen LogP contribution in [-0.4, -0.2) is 76.4 Å². The Kier molecular flexibility index (Phi) is 8.46. The first-order chi connectivity index (χ1) is 16.5. The maximum Gasteiger partial charge on any atom is 0.408 e. The summed E-state index contributed by atoms with van der Waals surface area (Å²) in [4.78, 5) is 53.4. The van der Waals surface area contributed by atoms with Crippen molar-refractivity contribution in [1.82, 2.24) is 15.5 Å². The Labute approximate surface area is 206 Å². The maximum absolute atomic E-state index is 13.5. The molecule has 1 saturated carbocycles. The quantitative estimate of drug-likeness (QED) is 0.403. The van der Waals surface area contributed by atoms with Gasteiger partial charge in [0, 0.05) is 18.9 Å². The van der Waals surface area contributed by atoms with Crippen molar-refractivity contribution in [2.75, 3.05) is 13.2 Å². The zero-order valence-electron chi connectivity index (χ0n) is 21.2. The Morgan fingerprint density at radius 1 is 1.26 bits per heavy atom. The highest BCUT2D eigenvalue weighted by atomic mass is 16.6. The second kappa shape index (κ2) is 11.0. The first-order valence-electron chi connectivity index (χ1n) is 12.6. The van der Waals surface area contributed by atoms with E-state index in [4.69, 9.17) is 9.47 Å². The molecule has 1 aliphatic carbocycles. The van der Waals surface area contributed by atoms with Crippen LogP contribution >= 0.6 is 0 Å². The zero-order chi connectivity index (χ0) is 25.8. The molecule has 0 aromatic rings. The van der Waals surface area contributed by atoms with Crippen molar-refractivity contribution in [3.63, 3.8) is 0 Å². The average molecular weight is 494 g/mol. The molecule has 3 amide bonds. The number of aliphatic hydroxyl groups is 1. The number of carbonyl (C=O) groups is 4. The van der Waals surface area contributed by atoms with Crippen molar-refractivity contribution in [3.8, 4) is 0 Å². The lowest BCUT2D eigenvalue weighted by molar-refractivity contribution is -0.150. The van der Waals surface area contributed by atoms with E-state index in [-0.39, 0.29) is 25.5 Å². The van der Waals surface area contributed by atoms with Gasteiger partial charge in [-0.15, -0.1) is 0 Å². The van der Waals surface area contributed by atoms with Gasteiger partial charge in [0.05, 0.1) is 12.7 Å². The van der Waals surface area contributed by atoms with Gasteiger partial charge in [-0.3, -0.25) is 9.59 Å². The van der Waals surface area contributed by atoms with Gasteiger partial charge in [0.2, 0.25) is 11.8 Å². The van der Waals surface area contributed by atoms with Crippen molar-refractivity contribution < 1.29 is 33.8 Å². The molecule has 0 radical (unpaired) electrons. The van der Waals surface area contributed by atoms with Crippen LogP contribution in [-0.2, 0) is 23.9 Å². The number of amides is 3. The number of rotatable bonds is 3. The number of carbonyl (C=O) groups excluding carboxylic acids is 4. The first kappa shape index (κ1) is 27.0. The molecule has 0 bridgehead atoms. The molecule has 3 N–H and O–H groups in total. The summed E-state index contributed by atoms with van der Waals surface area (Å²) >= 11 is 0. The number of nitrogens with zero attached hydrogens (tertiary/aromatic N) is 1. The monoisotopic (exact) mass is 493 g/mol. The van der Waals surface area contributed by atoms with E-state index in [0.29, 0.717) is 19.3 Å². The molecule has 2 fully saturated rings. The summed E-state index contributed by atoms with van der Waals surface area (Å²) in [6, 6.07) is -1.85. The molecule has 10 nitrogen and oxygen atoms in total. The van der Waals surface area contributed by atoms with Crippen LogP contribution in [0, 0.1) is 5.92 Å². The number of allylic oxidation sites excluding steroid dienone is 1. The van der Waals surface area contributed by atoms with Crippen LogP contribution in [0.4, 0.5) is 4.79 Å². The smallest absolute Gasteiger partial charge is 0.408 e. The number of aliphatic hydroxyl groups excluding tert-OH is 1. The highest BCUT2D eigenvalue weighted by molar-refractivity contribution is 5.96. The van der Waals surface area contributed by atoms with Gasteiger partial charge in [-0.25, -0.2) is 9.59 Å². The Balaban J connectivity index is 1.84. The minimum atomic E-state index is -1.15. The molecule has 10 heteroatoms. The number of fused-ring (bicyclic) bond motifs is 2. The summed E-state index contributed by atoms with van der Waals surface area (Å²) < 4.78 is 10.6. The van der Waals surface area contributed by atoms with Gasteiger partial charge in [0.15, 0.2) is 0 Å². The fourth-order valence-electron chi connectivity index (χ4n) is 4.77. The van der Waals surface area contributed by atoms with Gasteiger partial charge in [-0.05, 0) is 53.4 Å². The van der Waals surface area contributed by atoms with Crippen LogP contribution < -0.4 is 10.6 Å². The molecule has 35 heavy (non-hydrogen) atoms. The van der Waals surface area contributed by atoms with Gasteiger partial charge in [-0.2, -0.15) is 0 Å². The summed E-state index contributed by atoms with van der Waals surface area (Å²) in [7, 11) is 0. The van der Waals surface area contributed by atoms with Crippen molar-refractivity contribution >= 4 is 23.9 Å². The highest BCUT2D eigenvalue weighted by Gasteiger charge is 2.62. The topological polar surface area (TPSA) is 134 Å². The Morgan fingerprint density at radius 3 is 2.69 bits per heavy atom. The largest absolute Gasteiger partial charge is 0.464 e. The van der Waals surface area contributed by atoms with Crippen molar-refractivity contribution in [2.24, 2.45) is 5.92 Å². The van der Waals surface area contributed by atoms with Crippen molar-refractivity contribution in [1.29, 1.82) is 0 Å². The first-order valence-corrected chi connectivity index (χ1v) is 12.6. The molecular weight excluding hydrogens is 454 g/mol. The minimum Gasteiger partial charge on any atom is -0.464 e. The van der Waals surface area contributed by atoms with E-state index in [9.17, 15) is 24.3 Å². The van der Waals surface area contributed by atoms with Gasteiger partial charge in [0.25, 0.3) is 0 Å². The highest BCUT2D eigenvalue weighted by Crippen LogP contribution is 2.46. The second-order valence-corrected chi connectivity index (χ2v) is 10.7. The second-order valence-electron chi connectivity index (χ2n) is 10.7. The predicted molar refractivity (Wildman–Crippen MR) is 127 cm³/mol. The summed E-state index contributed by atoms with van der Waals surface area (Å²) in [6.07, 6.45) is 6.49. The molecule has 196 valence electrons. The third-order valence-electron chi connectivity index (χ3n) is 6.59. The maximum atomic E-state index is 13.5. The lowest BCUT2D eigenvalue weighted by Crippen LogP contribution is -2.56. The van der Waals surface area contributed by atoms with Gasteiger partial charge >= 0.3 is 12.1 Å². The van der Waals surface area contributed by atoms with Gasteiger partial charge in [-0.1, -0.05) is 25.0 Å². The van der Waals surface area contributed by atoms with Gasteiger partial charge < -0.3 is 30.1 Å². The third-order valence-corrected chi connectivity index (χ3v) is 6.59. The summed E-state index contributed by atoms with van der Waals surface area (Å²) in [6.45, 7) is 7.08. The number of alkyl carbamates (subject to hydrolysis) is 1. The molecule has 3 aliphatic rings. The van der Waals surface area contributed by atoms with E-state index in [2.05, 4.69) is 10.6 Å². The van der Waals surface area contributed by atoms with E-state index in [1.807, 2.05) is 12.2 Å². The molecule has 0 aromatic carbocycles. The average Bonchev–Trinajstić information content (AvgIpc) is 3.30. The van der Waals surface area contributed by atoms with E-state index in [1.54, 1.807) is 27.7 Å². The number of ether oxygens (including phenoxy) is 2. The van der Waals surface area contributed by atoms with Crippen LogP contribution in [0.15, 0.2) is 12.2 Å². The standard InChI is InChI=1S/C25H39N3O7/c1-5-34-22(32)25-14-16(25)11-9-7-6-8-10-12-18(26-23(33)35-24(2,3)4)21(31)28-15-17(29)13-19(28)20(30)27-25/h9,11,16-19,29H,5-8,10,12-15H2,1-4H3,(H,26,33)(H,27,30). The normalized spacial score (nSPS) is 31.9. The Morgan fingerprint density at radius 2 is 2.00 bits per heavy atom. The van der Waals surface area contributed by atoms with E-state index in [1.165, 1.54) is 4.90 Å².